The van der Waals surface area contributed by atoms with Crippen LogP contribution in [0.5, 0.6) is 0 Å². The number of carbonyl (C=O) groups is 2. The van der Waals surface area contributed by atoms with E-state index in [1.54, 1.807) is 36.4 Å². The first-order valence-electron chi connectivity index (χ1n) is 8.19. The van der Waals surface area contributed by atoms with Crippen LogP contribution in [0.2, 0.25) is 0 Å². The lowest BCUT2D eigenvalue weighted by atomic mass is 10.1. The van der Waals surface area contributed by atoms with Crippen LogP contribution in [0.15, 0.2) is 77.7 Å². The van der Waals surface area contributed by atoms with Gasteiger partial charge in [0, 0.05) is 10.6 Å². The number of thioether (sulfide) groups is 1. The molecule has 0 saturated heterocycles. The lowest BCUT2D eigenvalue weighted by Crippen LogP contribution is -2.19. The second-order valence-electron chi connectivity index (χ2n) is 5.64. The minimum absolute atomic E-state index is 0.188. The Kier molecular flexibility index (Phi) is 5.88. The molecule has 6 heteroatoms. The van der Waals surface area contributed by atoms with Crippen molar-refractivity contribution in [1.82, 2.24) is 0 Å². The maximum Gasteiger partial charge on any atom is 0.258 e. The highest BCUT2D eigenvalue weighted by atomic mass is 32.2. The van der Waals surface area contributed by atoms with Crippen LogP contribution in [0, 0.1) is 5.82 Å². The molecule has 3 rings (SSSR count). The summed E-state index contributed by atoms with van der Waals surface area (Å²) in [5.74, 6) is -2.08. The van der Waals surface area contributed by atoms with Gasteiger partial charge in [0.05, 0.1) is 16.8 Å². The van der Waals surface area contributed by atoms with E-state index >= 15 is 0 Å². The highest BCUT2D eigenvalue weighted by Gasteiger charge is 2.20. The van der Waals surface area contributed by atoms with E-state index in [1.807, 2.05) is 24.5 Å². The first-order chi connectivity index (χ1) is 13.1. The number of rotatable bonds is 5. The fourth-order valence-corrected chi connectivity index (χ4v) is 3.09. The zero-order valence-electron chi connectivity index (χ0n) is 14.5. The number of hydrogen-bond acceptors (Lipinski definition) is 3. The Bertz CT molecular complexity index is 977. The number of nitrogens with one attached hydrogen (secondary N) is 2. The number of para-hydroxylation sites is 2. The van der Waals surface area contributed by atoms with Crippen LogP contribution in [-0.4, -0.2) is 18.1 Å². The van der Waals surface area contributed by atoms with Crippen LogP contribution in [0.4, 0.5) is 15.8 Å². The van der Waals surface area contributed by atoms with Crippen molar-refractivity contribution in [2.45, 2.75) is 4.90 Å². The van der Waals surface area contributed by atoms with E-state index in [0.29, 0.717) is 11.4 Å². The molecular formula is C21H17FN2O2S. The quantitative estimate of drug-likeness (QED) is 0.609. The van der Waals surface area contributed by atoms with E-state index in [0.717, 1.165) is 4.90 Å². The van der Waals surface area contributed by atoms with Crippen molar-refractivity contribution < 1.29 is 14.0 Å². The molecule has 0 aromatic heterocycles. The average Bonchev–Trinajstić information content (AvgIpc) is 2.69. The van der Waals surface area contributed by atoms with Gasteiger partial charge in [0.2, 0.25) is 0 Å². The Morgan fingerprint density at radius 3 is 2.04 bits per heavy atom. The molecule has 136 valence electrons. The molecule has 0 spiro atoms. The molecule has 0 aliphatic carbocycles. The Balaban J connectivity index is 1.84. The van der Waals surface area contributed by atoms with E-state index < -0.39 is 17.6 Å². The Morgan fingerprint density at radius 1 is 0.778 bits per heavy atom. The Hall–Kier alpha value is -3.12. The maximum absolute atomic E-state index is 14.8. The van der Waals surface area contributed by atoms with Gasteiger partial charge in [-0.15, -0.1) is 11.8 Å². The lowest BCUT2D eigenvalue weighted by Gasteiger charge is -2.11. The third kappa shape index (κ3) is 4.35. The topological polar surface area (TPSA) is 58.2 Å². The smallest absolute Gasteiger partial charge is 0.258 e. The summed E-state index contributed by atoms with van der Waals surface area (Å²) in [5.41, 5.74) is 0.760. The average molecular weight is 380 g/mol. The van der Waals surface area contributed by atoms with Crippen molar-refractivity contribution >= 4 is 35.0 Å². The highest BCUT2D eigenvalue weighted by molar-refractivity contribution is 7.98. The molecule has 0 bridgehead atoms. The Labute approximate surface area is 160 Å². The molecule has 27 heavy (non-hydrogen) atoms. The predicted octanol–water partition coefficient (Wildman–Crippen LogP) is 5.05. The first kappa shape index (κ1) is 18.7. The van der Waals surface area contributed by atoms with Gasteiger partial charge in [-0.05, 0) is 42.7 Å². The van der Waals surface area contributed by atoms with Crippen molar-refractivity contribution in [2.24, 2.45) is 0 Å². The molecule has 0 unspecified atom stereocenters. The summed E-state index contributed by atoms with van der Waals surface area (Å²) in [5, 5.41) is 5.32. The fourth-order valence-electron chi connectivity index (χ4n) is 2.54. The zero-order chi connectivity index (χ0) is 19.2. The number of carbonyl (C=O) groups excluding carboxylic acids is 2. The molecule has 4 nitrogen and oxygen atoms in total. The SMILES string of the molecule is CSc1ccccc1NC(=O)c1cccc(C(=O)Nc2ccccc2)c1F. The van der Waals surface area contributed by atoms with Crippen LogP contribution in [0.1, 0.15) is 20.7 Å². The first-order valence-corrected chi connectivity index (χ1v) is 9.42. The number of amides is 2. The van der Waals surface area contributed by atoms with E-state index in [9.17, 15) is 14.0 Å². The summed E-state index contributed by atoms with van der Waals surface area (Å²) < 4.78 is 14.8. The van der Waals surface area contributed by atoms with E-state index in [4.69, 9.17) is 0 Å². The summed E-state index contributed by atoms with van der Waals surface area (Å²) in [6.07, 6.45) is 1.89. The van der Waals surface area contributed by atoms with Crippen LogP contribution in [-0.2, 0) is 0 Å². The molecule has 0 saturated carbocycles. The fraction of sp³-hybridized carbons (Fsp3) is 0.0476. The van der Waals surface area contributed by atoms with Gasteiger partial charge in [-0.1, -0.05) is 36.4 Å². The molecule has 0 fully saturated rings. The number of anilines is 2. The standard InChI is InChI=1S/C21H17FN2O2S/c1-27-18-13-6-5-12-17(18)24-21(26)16-11-7-10-15(19(16)22)20(25)23-14-8-3-2-4-9-14/h2-13H,1H3,(H,23,25)(H,24,26). The molecule has 2 N–H and O–H groups in total. The molecule has 0 atom stereocenters. The van der Waals surface area contributed by atoms with Crippen molar-refractivity contribution in [3.63, 3.8) is 0 Å². The minimum atomic E-state index is -0.856. The summed E-state index contributed by atoms with van der Waals surface area (Å²) in [4.78, 5) is 25.8. The zero-order valence-corrected chi connectivity index (χ0v) is 15.3. The van der Waals surface area contributed by atoms with Crippen LogP contribution in [0.25, 0.3) is 0 Å². The highest BCUT2D eigenvalue weighted by Crippen LogP contribution is 2.25. The van der Waals surface area contributed by atoms with Crippen LogP contribution < -0.4 is 10.6 Å². The molecular weight excluding hydrogens is 363 g/mol. The Morgan fingerprint density at radius 2 is 1.37 bits per heavy atom. The maximum atomic E-state index is 14.8. The van der Waals surface area contributed by atoms with Gasteiger partial charge in [0.25, 0.3) is 11.8 Å². The second kappa shape index (κ2) is 8.51. The van der Waals surface area contributed by atoms with Crippen LogP contribution in [0.3, 0.4) is 0 Å². The van der Waals surface area contributed by atoms with E-state index in [-0.39, 0.29) is 11.1 Å². The third-order valence-corrected chi connectivity index (χ3v) is 4.67. The number of benzene rings is 3. The van der Waals surface area contributed by atoms with Gasteiger partial charge in [0.15, 0.2) is 0 Å². The van der Waals surface area contributed by atoms with Crippen molar-refractivity contribution in [1.29, 1.82) is 0 Å². The molecule has 0 aliphatic rings. The van der Waals surface area contributed by atoms with Crippen molar-refractivity contribution in [2.75, 3.05) is 16.9 Å². The monoisotopic (exact) mass is 380 g/mol. The minimum Gasteiger partial charge on any atom is -0.322 e. The third-order valence-electron chi connectivity index (χ3n) is 3.87. The van der Waals surface area contributed by atoms with Gasteiger partial charge >= 0.3 is 0 Å². The molecule has 0 heterocycles. The van der Waals surface area contributed by atoms with E-state index in [2.05, 4.69) is 10.6 Å². The molecule has 0 radical (unpaired) electrons. The summed E-state index contributed by atoms with van der Waals surface area (Å²) >= 11 is 1.47. The second-order valence-corrected chi connectivity index (χ2v) is 6.49. The van der Waals surface area contributed by atoms with Gasteiger partial charge < -0.3 is 10.6 Å². The number of halogens is 1. The summed E-state index contributed by atoms with van der Waals surface area (Å²) in [7, 11) is 0. The van der Waals surface area contributed by atoms with Gasteiger partial charge in [-0.3, -0.25) is 9.59 Å². The lowest BCUT2D eigenvalue weighted by molar-refractivity contribution is 0.102. The largest absolute Gasteiger partial charge is 0.322 e. The van der Waals surface area contributed by atoms with Crippen molar-refractivity contribution in [3.8, 4) is 0 Å². The predicted molar refractivity (Wildman–Crippen MR) is 107 cm³/mol. The van der Waals surface area contributed by atoms with Crippen molar-refractivity contribution in [3.05, 3.63) is 89.7 Å². The summed E-state index contributed by atoms with van der Waals surface area (Å²) in [6.45, 7) is 0. The van der Waals surface area contributed by atoms with Gasteiger partial charge in [0.1, 0.15) is 5.82 Å². The van der Waals surface area contributed by atoms with Crippen LogP contribution >= 0.6 is 11.8 Å². The van der Waals surface area contributed by atoms with E-state index in [1.165, 1.54) is 30.0 Å². The van der Waals surface area contributed by atoms with Gasteiger partial charge in [-0.25, -0.2) is 4.39 Å². The molecule has 3 aromatic carbocycles. The normalized spacial score (nSPS) is 10.3. The molecule has 2 amide bonds. The number of hydrogen-bond donors (Lipinski definition) is 2. The molecule has 3 aromatic rings. The molecule has 0 aliphatic heterocycles. The summed E-state index contributed by atoms with van der Waals surface area (Å²) in [6, 6.07) is 20.2. The van der Waals surface area contributed by atoms with Gasteiger partial charge in [-0.2, -0.15) is 0 Å².